The molecule has 0 aliphatic rings. The lowest BCUT2D eigenvalue weighted by atomic mass is 10.1. The van der Waals surface area contributed by atoms with Crippen LogP contribution >= 0.6 is 0 Å². The lowest BCUT2D eigenvalue weighted by molar-refractivity contribution is 0.305. The Kier molecular flexibility index (Phi) is 5.34. The van der Waals surface area contributed by atoms with E-state index in [9.17, 15) is 4.39 Å². The molecule has 3 aromatic carbocycles. The zero-order chi connectivity index (χ0) is 17.6. The molecular weight excluding hydrogens is 313 g/mol. The molecule has 0 aliphatic heterocycles. The van der Waals surface area contributed by atoms with Gasteiger partial charge >= 0.3 is 0 Å². The lowest BCUT2D eigenvalue weighted by Crippen LogP contribution is -2.01. The lowest BCUT2D eigenvalue weighted by Gasteiger charge is -2.11. The molecule has 3 aromatic rings. The van der Waals surface area contributed by atoms with E-state index < -0.39 is 0 Å². The van der Waals surface area contributed by atoms with E-state index >= 15 is 0 Å². The molecular formula is C22H22FNO. The van der Waals surface area contributed by atoms with Crippen molar-refractivity contribution in [1.82, 2.24) is 0 Å². The number of benzene rings is 3. The number of hydrogen-bond donors (Lipinski definition) is 1. The second-order valence-corrected chi connectivity index (χ2v) is 6.23. The van der Waals surface area contributed by atoms with Crippen LogP contribution in [0.4, 0.5) is 10.1 Å². The van der Waals surface area contributed by atoms with Gasteiger partial charge in [0.25, 0.3) is 0 Å². The van der Waals surface area contributed by atoms with E-state index in [1.165, 1.54) is 28.8 Å². The van der Waals surface area contributed by atoms with E-state index in [2.05, 4.69) is 37.4 Å². The number of hydrogen-bond acceptors (Lipinski definition) is 2. The number of nitrogens with one attached hydrogen (secondary N) is 1. The fraction of sp³-hybridized carbons (Fsp3) is 0.182. The maximum atomic E-state index is 13.2. The second kappa shape index (κ2) is 7.84. The third-order valence-corrected chi connectivity index (χ3v) is 4.09. The van der Waals surface area contributed by atoms with E-state index in [0.29, 0.717) is 6.61 Å². The summed E-state index contributed by atoms with van der Waals surface area (Å²) in [4.78, 5) is 0. The van der Waals surface area contributed by atoms with Gasteiger partial charge in [-0.2, -0.15) is 0 Å². The van der Waals surface area contributed by atoms with Crippen LogP contribution in [0.25, 0.3) is 0 Å². The fourth-order valence-corrected chi connectivity index (χ4v) is 2.62. The quantitative estimate of drug-likeness (QED) is 0.630. The highest BCUT2D eigenvalue weighted by Crippen LogP contribution is 2.19. The summed E-state index contributed by atoms with van der Waals surface area (Å²) in [6.07, 6.45) is 0. The Labute approximate surface area is 148 Å². The molecule has 0 fully saturated rings. The number of ether oxygens (including phenoxy) is 1. The van der Waals surface area contributed by atoms with E-state index in [1.807, 2.05) is 30.3 Å². The Morgan fingerprint density at radius 2 is 1.68 bits per heavy atom. The first-order chi connectivity index (χ1) is 12.1. The third-order valence-electron chi connectivity index (χ3n) is 4.09. The fourth-order valence-electron chi connectivity index (χ4n) is 2.62. The van der Waals surface area contributed by atoms with Gasteiger partial charge in [-0.25, -0.2) is 4.39 Å². The standard InChI is InChI=1S/C22H22FNO/c1-16-6-7-17(2)22(12-16)24-14-18-8-10-21(11-9-18)25-15-19-4-3-5-20(23)13-19/h3-13,24H,14-15H2,1-2H3. The molecule has 0 aromatic heterocycles. The molecule has 0 spiro atoms. The molecule has 0 heterocycles. The van der Waals surface area contributed by atoms with Crippen molar-refractivity contribution in [2.24, 2.45) is 0 Å². The summed E-state index contributed by atoms with van der Waals surface area (Å²) < 4.78 is 18.9. The van der Waals surface area contributed by atoms with Crippen molar-refractivity contribution in [3.05, 3.63) is 94.8 Å². The van der Waals surface area contributed by atoms with E-state index in [4.69, 9.17) is 4.74 Å². The van der Waals surface area contributed by atoms with Gasteiger partial charge in [0.1, 0.15) is 18.2 Å². The molecule has 3 heteroatoms. The number of aryl methyl sites for hydroxylation is 2. The molecule has 2 nitrogen and oxygen atoms in total. The normalized spacial score (nSPS) is 10.5. The maximum Gasteiger partial charge on any atom is 0.123 e. The minimum atomic E-state index is -0.242. The predicted octanol–water partition coefficient (Wildman–Crippen LogP) is 5.63. The summed E-state index contributed by atoms with van der Waals surface area (Å²) in [5.41, 5.74) is 5.64. The molecule has 0 radical (unpaired) electrons. The molecule has 25 heavy (non-hydrogen) atoms. The van der Waals surface area contributed by atoms with Crippen molar-refractivity contribution in [3.63, 3.8) is 0 Å². The van der Waals surface area contributed by atoms with Crippen LogP contribution in [0.5, 0.6) is 5.75 Å². The number of halogens is 1. The highest BCUT2D eigenvalue weighted by Gasteiger charge is 2.01. The number of anilines is 1. The predicted molar refractivity (Wildman–Crippen MR) is 100 cm³/mol. The van der Waals surface area contributed by atoms with E-state index in [-0.39, 0.29) is 5.82 Å². The van der Waals surface area contributed by atoms with E-state index in [0.717, 1.165) is 23.5 Å². The monoisotopic (exact) mass is 335 g/mol. The summed E-state index contributed by atoms with van der Waals surface area (Å²) in [6.45, 7) is 5.31. The zero-order valence-corrected chi connectivity index (χ0v) is 14.6. The highest BCUT2D eigenvalue weighted by atomic mass is 19.1. The summed E-state index contributed by atoms with van der Waals surface area (Å²) >= 11 is 0. The zero-order valence-electron chi connectivity index (χ0n) is 14.6. The van der Waals surface area contributed by atoms with Gasteiger partial charge in [-0.15, -0.1) is 0 Å². The molecule has 0 aliphatic carbocycles. The van der Waals surface area contributed by atoms with Crippen LogP contribution in [0.2, 0.25) is 0 Å². The van der Waals surface area contributed by atoms with Crippen LogP contribution in [0.1, 0.15) is 22.3 Å². The number of rotatable bonds is 6. The molecule has 3 rings (SSSR count). The van der Waals surface area contributed by atoms with Gasteiger partial charge in [0.15, 0.2) is 0 Å². The first-order valence-corrected chi connectivity index (χ1v) is 8.37. The van der Waals surface area contributed by atoms with Crippen LogP contribution in [0, 0.1) is 19.7 Å². The van der Waals surface area contributed by atoms with Gasteiger partial charge in [-0.1, -0.05) is 36.4 Å². The van der Waals surface area contributed by atoms with Crippen molar-refractivity contribution in [1.29, 1.82) is 0 Å². The highest BCUT2D eigenvalue weighted by molar-refractivity contribution is 5.52. The topological polar surface area (TPSA) is 21.3 Å². The molecule has 1 N–H and O–H groups in total. The summed E-state index contributed by atoms with van der Waals surface area (Å²) in [5.74, 6) is 0.536. The first kappa shape index (κ1) is 17.0. The molecule has 128 valence electrons. The summed E-state index contributed by atoms with van der Waals surface area (Å²) in [6, 6.07) is 20.8. The first-order valence-electron chi connectivity index (χ1n) is 8.37. The van der Waals surface area contributed by atoms with E-state index in [1.54, 1.807) is 6.07 Å². The Morgan fingerprint density at radius 1 is 0.880 bits per heavy atom. The smallest absolute Gasteiger partial charge is 0.123 e. The van der Waals surface area contributed by atoms with Gasteiger partial charge in [0, 0.05) is 12.2 Å². The summed E-state index contributed by atoms with van der Waals surface area (Å²) in [7, 11) is 0. The average molecular weight is 335 g/mol. The minimum absolute atomic E-state index is 0.242. The van der Waals surface area contributed by atoms with Crippen LogP contribution in [0.3, 0.4) is 0 Å². The molecule has 0 bridgehead atoms. The Balaban J connectivity index is 1.56. The van der Waals surface area contributed by atoms with Crippen LogP contribution in [0.15, 0.2) is 66.7 Å². The maximum absolute atomic E-state index is 13.2. The summed E-state index contributed by atoms with van der Waals surface area (Å²) in [5, 5.41) is 3.47. The van der Waals surface area contributed by atoms with Crippen molar-refractivity contribution in [3.8, 4) is 5.75 Å². The molecule has 0 amide bonds. The molecule has 0 atom stereocenters. The average Bonchev–Trinajstić information content (AvgIpc) is 2.62. The van der Waals surface area contributed by atoms with Gasteiger partial charge in [0.2, 0.25) is 0 Å². The SMILES string of the molecule is Cc1ccc(C)c(NCc2ccc(OCc3cccc(F)c3)cc2)c1. The van der Waals surface area contributed by atoms with Gasteiger partial charge in [-0.05, 0) is 66.4 Å². The largest absolute Gasteiger partial charge is 0.489 e. The minimum Gasteiger partial charge on any atom is -0.489 e. The van der Waals surface area contributed by atoms with Crippen LogP contribution in [-0.4, -0.2) is 0 Å². The Hall–Kier alpha value is -2.81. The Morgan fingerprint density at radius 3 is 2.44 bits per heavy atom. The van der Waals surface area contributed by atoms with Crippen molar-refractivity contribution in [2.45, 2.75) is 27.0 Å². The van der Waals surface area contributed by atoms with Gasteiger partial charge in [-0.3, -0.25) is 0 Å². The third kappa shape index (κ3) is 4.83. The van der Waals surface area contributed by atoms with Crippen molar-refractivity contribution >= 4 is 5.69 Å². The second-order valence-electron chi connectivity index (χ2n) is 6.23. The van der Waals surface area contributed by atoms with Crippen molar-refractivity contribution in [2.75, 3.05) is 5.32 Å². The molecule has 0 saturated heterocycles. The van der Waals surface area contributed by atoms with Crippen LogP contribution in [-0.2, 0) is 13.2 Å². The Bertz CT molecular complexity index is 843. The van der Waals surface area contributed by atoms with Gasteiger partial charge in [0.05, 0.1) is 0 Å². The molecule has 0 unspecified atom stereocenters. The van der Waals surface area contributed by atoms with Crippen LogP contribution < -0.4 is 10.1 Å². The molecule has 0 saturated carbocycles. The van der Waals surface area contributed by atoms with Crippen molar-refractivity contribution < 1.29 is 9.13 Å². The van der Waals surface area contributed by atoms with Gasteiger partial charge < -0.3 is 10.1 Å².